The van der Waals surface area contributed by atoms with E-state index in [1.807, 2.05) is 0 Å². The second-order valence-electron chi connectivity index (χ2n) is 9.43. The Kier molecular flexibility index (Phi) is 6.41. The third kappa shape index (κ3) is 4.04. The van der Waals surface area contributed by atoms with Gasteiger partial charge in [0.1, 0.15) is 23.2 Å². The van der Waals surface area contributed by atoms with Crippen LogP contribution in [0.15, 0.2) is 140 Å². The lowest BCUT2D eigenvalue weighted by Crippen LogP contribution is -2.33. The predicted octanol–water partition coefficient (Wildman–Crippen LogP) is 7.57. The van der Waals surface area contributed by atoms with Crippen LogP contribution < -0.4 is 15.9 Å². The van der Waals surface area contributed by atoms with Crippen molar-refractivity contribution < 1.29 is 0 Å². The maximum atomic E-state index is 2.53. The third-order valence-electron chi connectivity index (χ3n) is 7.40. The van der Waals surface area contributed by atoms with Crippen molar-refractivity contribution in [1.82, 2.24) is 4.57 Å². The Hall–Kier alpha value is -3.67. The zero-order valence-electron chi connectivity index (χ0n) is 20.5. The summed E-state index contributed by atoms with van der Waals surface area (Å²) in [5.41, 5.74) is 2.68. The molecule has 0 aliphatic carbocycles. The van der Waals surface area contributed by atoms with Gasteiger partial charge in [0.25, 0.3) is 0 Å². The number of para-hydroxylation sites is 2. The molecule has 0 N–H and O–H groups in total. The minimum atomic E-state index is -1.77. The molecule has 6 rings (SSSR count). The Morgan fingerprint density at radius 1 is 0.417 bits per heavy atom. The van der Waals surface area contributed by atoms with E-state index in [9.17, 15) is 0 Å². The number of benzene rings is 5. The van der Waals surface area contributed by atoms with Gasteiger partial charge in [-0.25, -0.2) is 0 Å². The molecule has 176 valence electrons. The molecule has 0 spiro atoms. The molecule has 0 aliphatic heterocycles. The van der Waals surface area contributed by atoms with Gasteiger partial charge >= 0.3 is 0 Å². The summed E-state index contributed by atoms with van der Waals surface area (Å²) in [5.74, 6) is 0. The Bertz CT molecular complexity index is 1420. The van der Waals surface area contributed by atoms with E-state index in [0.29, 0.717) is 0 Å². The average molecular weight is 485 g/mol. The second-order valence-corrected chi connectivity index (χ2v) is 13.0. The Morgan fingerprint density at radius 3 is 1.25 bits per heavy atom. The van der Waals surface area contributed by atoms with Crippen LogP contribution in [-0.2, 0) is 6.54 Å². The van der Waals surface area contributed by atoms with Crippen molar-refractivity contribution >= 4 is 45.0 Å². The zero-order valence-corrected chi connectivity index (χ0v) is 21.4. The minimum absolute atomic E-state index is 1.03. The van der Waals surface area contributed by atoms with Crippen LogP contribution in [0.5, 0.6) is 0 Å². The van der Waals surface area contributed by atoms with Crippen LogP contribution >= 0.6 is 7.26 Å². The average Bonchev–Trinajstić information content (AvgIpc) is 3.28. The van der Waals surface area contributed by atoms with Gasteiger partial charge in [-0.2, -0.15) is 0 Å². The molecule has 36 heavy (non-hydrogen) atoms. The lowest BCUT2D eigenvalue weighted by atomic mass is 10.2. The molecule has 1 heterocycles. The summed E-state index contributed by atoms with van der Waals surface area (Å²) in [6, 6.07) is 51.4. The number of hydrogen-bond donors (Lipinski definition) is 0. The summed E-state index contributed by atoms with van der Waals surface area (Å²) in [6.07, 6.45) is 3.49. The maximum Gasteiger partial charge on any atom is 0.112 e. The van der Waals surface area contributed by atoms with Gasteiger partial charge in [0.2, 0.25) is 0 Å². The first-order valence-corrected chi connectivity index (χ1v) is 14.9. The van der Waals surface area contributed by atoms with Gasteiger partial charge in [0.05, 0.1) is 6.16 Å². The van der Waals surface area contributed by atoms with E-state index in [2.05, 4.69) is 144 Å². The number of fused-ring (bicyclic) bond motifs is 3. The van der Waals surface area contributed by atoms with E-state index in [1.165, 1.54) is 50.3 Å². The molecule has 1 aromatic heterocycles. The molecule has 0 unspecified atom stereocenters. The number of hydrogen-bond acceptors (Lipinski definition) is 0. The van der Waals surface area contributed by atoms with Gasteiger partial charge in [-0.15, -0.1) is 0 Å². The van der Waals surface area contributed by atoms with Crippen LogP contribution in [0.4, 0.5) is 0 Å². The molecule has 0 aliphatic rings. The van der Waals surface area contributed by atoms with Crippen molar-refractivity contribution in [3.63, 3.8) is 0 Å². The summed E-state index contributed by atoms with van der Waals surface area (Å²) in [5, 5.41) is 7.12. The SMILES string of the molecule is c1ccc([P+](CCCCn2c3ccccc3c3ccccc32)(c2ccccc2)c2ccccc2)cc1. The number of aromatic nitrogens is 1. The highest BCUT2D eigenvalue weighted by Gasteiger charge is 2.44. The van der Waals surface area contributed by atoms with Crippen LogP contribution in [0.25, 0.3) is 21.8 Å². The van der Waals surface area contributed by atoms with Crippen molar-refractivity contribution in [1.29, 1.82) is 0 Å². The quantitative estimate of drug-likeness (QED) is 0.155. The van der Waals surface area contributed by atoms with Crippen LogP contribution in [0.1, 0.15) is 12.8 Å². The first-order chi connectivity index (χ1) is 17.9. The van der Waals surface area contributed by atoms with Crippen LogP contribution in [0.3, 0.4) is 0 Å². The standard InChI is InChI=1S/C34H31NP/c1-4-16-28(17-5-1)36(29-18-6-2-7-19-29,30-20-8-3-9-21-30)27-15-14-26-35-33-24-12-10-22-31(33)32-23-11-13-25-34(32)35/h1-13,16-25H,14-15,26-27H2/q+1. The van der Waals surface area contributed by atoms with Crippen LogP contribution in [0.2, 0.25) is 0 Å². The normalized spacial score (nSPS) is 11.8. The number of rotatable bonds is 8. The molecule has 2 heteroatoms. The lowest BCUT2D eigenvalue weighted by Gasteiger charge is -2.27. The van der Waals surface area contributed by atoms with E-state index in [-0.39, 0.29) is 0 Å². The first-order valence-electron chi connectivity index (χ1n) is 12.9. The van der Waals surface area contributed by atoms with Crippen molar-refractivity contribution in [3.8, 4) is 0 Å². The molecule has 5 aromatic carbocycles. The highest BCUT2D eigenvalue weighted by molar-refractivity contribution is 7.95. The molecular formula is C34H31NP+. The van der Waals surface area contributed by atoms with Crippen LogP contribution in [0, 0.1) is 0 Å². The molecule has 1 nitrogen and oxygen atoms in total. The molecule has 0 fully saturated rings. The highest BCUT2D eigenvalue weighted by Crippen LogP contribution is 2.56. The predicted molar refractivity (Wildman–Crippen MR) is 159 cm³/mol. The van der Waals surface area contributed by atoms with E-state index in [0.717, 1.165) is 13.0 Å². The van der Waals surface area contributed by atoms with Gasteiger partial charge in [0, 0.05) is 28.4 Å². The van der Waals surface area contributed by atoms with Gasteiger partial charge in [-0.1, -0.05) is 91.0 Å². The minimum Gasteiger partial charge on any atom is -0.340 e. The fraction of sp³-hybridized carbons (Fsp3) is 0.118. The van der Waals surface area contributed by atoms with E-state index >= 15 is 0 Å². The van der Waals surface area contributed by atoms with Crippen molar-refractivity contribution in [2.45, 2.75) is 19.4 Å². The van der Waals surface area contributed by atoms with Crippen LogP contribution in [-0.4, -0.2) is 10.7 Å². The van der Waals surface area contributed by atoms with Crippen molar-refractivity contribution in [3.05, 3.63) is 140 Å². The third-order valence-corrected chi connectivity index (χ3v) is 11.9. The molecule has 0 atom stereocenters. The molecular weight excluding hydrogens is 453 g/mol. The van der Waals surface area contributed by atoms with Gasteiger partial charge < -0.3 is 4.57 Å². The Labute approximate surface area is 214 Å². The largest absolute Gasteiger partial charge is 0.340 e. The monoisotopic (exact) mass is 484 g/mol. The maximum absolute atomic E-state index is 2.53. The Morgan fingerprint density at radius 2 is 0.806 bits per heavy atom. The fourth-order valence-electron chi connectivity index (χ4n) is 5.75. The van der Waals surface area contributed by atoms with Crippen molar-refractivity contribution in [2.24, 2.45) is 0 Å². The smallest absolute Gasteiger partial charge is 0.112 e. The second kappa shape index (κ2) is 10.1. The molecule has 6 aromatic rings. The summed E-state index contributed by atoms with van der Waals surface area (Å²) >= 11 is 0. The summed E-state index contributed by atoms with van der Waals surface area (Å²) in [7, 11) is -1.77. The van der Waals surface area contributed by atoms with E-state index in [4.69, 9.17) is 0 Å². The summed E-state index contributed by atoms with van der Waals surface area (Å²) < 4.78 is 2.53. The number of unbranched alkanes of at least 4 members (excludes halogenated alkanes) is 1. The van der Waals surface area contributed by atoms with Gasteiger partial charge in [-0.3, -0.25) is 0 Å². The lowest BCUT2D eigenvalue weighted by molar-refractivity contribution is 0.667. The topological polar surface area (TPSA) is 4.93 Å². The van der Waals surface area contributed by atoms with Gasteiger partial charge in [0.15, 0.2) is 0 Å². The number of aryl methyl sites for hydroxylation is 1. The van der Waals surface area contributed by atoms with E-state index in [1.54, 1.807) is 0 Å². The Balaban J connectivity index is 1.36. The number of nitrogens with zero attached hydrogens (tertiary/aromatic N) is 1. The first kappa shape index (κ1) is 22.8. The van der Waals surface area contributed by atoms with Gasteiger partial charge in [-0.05, 0) is 61.4 Å². The fourth-order valence-corrected chi connectivity index (χ4v) is 10.2. The zero-order chi connectivity index (χ0) is 24.2. The molecule has 0 radical (unpaired) electrons. The highest BCUT2D eigenvalue weighted by atomic mass is 31.2. The molecule has 0 saturated carbocycles. The molecule has 0 amide bonds. The molecule has 0 bridgehead atoms. The summed E-state index contributed by atoms with van der Waals surface area (Å²) in [6.45, 7) is 1.03. The van der Waals surface area contributed by atoms with E-state index < -0.39 is 7.26 Å². The van der Waals surface area contributed by atoms with Crippen molar-refractivity contribution in [2.75, 3.05) is 6.16 Å². The summed E-state index contributed by atoms with van der Waals surface area (Å²) in [4.78, 5) is 0. The molecule has 0 saturated heterocycles.